The quantitative estimate of drug-likeness (QED) is 0.911. The van der Waals surface area contributed by atoms with Crippen LogP contribution in [0.5, 0.6) is 11.5 Å². The summed E-state index contributed by atoms with van der Waals surface area (Å²) in [4.78, 5) is 10.8. The van der Waals surface area contributed by atoms with Gasteiger partial charge in [-0.1, -0.05) is 6.07 Å². The topological polar surface area (TPSA) is 55.8 Å². The number of methoxy groups -OCH3 is 1. The minimum absolute atomic E-state index is 0.0237. The second kappa shape index (κ2) is 6.06. The molecule has 20 heavy (non-hydrogen) atoms. The molecule has 0 unspecified atom stereocenters. The lowest BCUT2D eigenvalue weighted by Gasteiger charge is -2.09. The van der Waals surface area contributed by atoms with Crippen LogP contribution in [0.15, 0.2) is 42.5 Å². The van der Waals surface area contributed by atoms with Crippen LogP contribution >= 0.6 is 0 Å². The molecule has 0 spiro atoms. The number of aromatic carboxylic acids is 1. The van der Waals surface area contributed by atoms with E-state index in [0.717, 1.165) is 6.07 Å². The molecule has 0 aromatic heterocycles. The molecule has 1 N–H and O–H groups in total. The molecule has 0 atom stereocenters. The fourth-order valence-electron chi connectivity index (χ4n) is 1.67. The van der Waals surface area contributed by atoms with Crippen molar-refractivity contribution in [3.05, 3.63) is 59.4 Å². The molecule has 2 rings (SSSR count). The first-order valence-electron chi connectivity index (χ1n) is 5.88. The highest BCUT2D eigenvalue weighted by Crippen LogP contribution is 2.21. The average Bonchev–Trinajstić information content (AvgIpc) is 2.46. The van der Waals surface area contributed by atoms with Gasteiger partial charge in [0.05, 0.1) is 12.7 Å². The second-order valence-electron chi connectivity index (χ2n) is 4.08. The molecular formula is C15H13FO4. The number of halogens is 1. The Kier molecular flexibility index (Phi) is 4.20. The lowest BCUT2D eigenvalue weighted by atomic mass is 10.1. The van der Waals surface area contributed by atoms with Gasteiger partial charge in [0.25, 0.3) is 0 Å². The highest BCUT2D eigenvalue weighted by atomic mass is 19.1. The van der Waals surface area contributed by atoms with Gasteiger partial charge in [0.15, 0.2) is 0 Å². The first kappa shape index (κ1) is 13.9. The molecule has 0 aliphatic heterocycles. The Morgan fingerprint density at radius 3 is 2.65 bits per heavy atom. The van der Waals surface area contributed by atoms with Gasteiger partial charge in [-0.25, -0.2) is 9.18 Å². The van der Waals surface area contributed by atoms with Gasteiger partial charge in [-0.2, -0.15) is 0 Å². The summed E-state index contributed by atoms with van der Waals surface area (Å²) in [6, 6.07) is 10.5. The molecule has 2 aromatic rings. The maximum absolute atomic E-state index is 13.6. The second-order valence-corrected chi connectivity index (χ2v) is 4.08. The SMILES string of the molecule is COc1cccc(OCc2cc(C(=O)O)ccc2F)c1. The zero-order valence-corrected chi connectivity index (χ0v) is 10.8. The van der Waals surface area contributed by atoms with Gasteiger partial charge in [0.1, 0.15) is 23.9 Å². The van der Waals surface area contributed by atoms with Gasteiger partial charge in [0.2, 0.25) is 0 Å². The third kappa shape index (κ3) is 3.26. The van der Waals surface area contributed by atoms with Gasteiger partial charge >= 0.3 is 5.97 Å². The van der Waals surface area contributed by atoms with E-state index in [1.807, 2.05) is 0 Å². The van der Waals surface area contributed by atoms with E-state index in [1.54, 1.807) is 24.3 Å². The van der Waals surface area contributed by atoms with Crippen molar-refractivity contribution >= 4 is 5.97 Å². The number of hydrogen-bond acceptors (Lipinski definition) is 3. The van der Waals surface area contributed by atoms with Gasteiger partial charge in [-0.3, -0.25) is 0 Å². The van der Waals surface area contributed by atoms with Crippen molar-refractivity contribution in [3.63, 3.8) is 0 Å². The fourth-order valence-corrected chi connectivity index (χ4v) is 1.67. The van der Waals surface area contributed by atoms with Crippen molar-refractivity contribution in [3.8, 4) is 11.5 Å². The fraction of sp³-hybridized carbons (Fsp3) is 0.133. The maximum atomic E-state index is 13.6. The standard InChI is InChI=1S/C15H13FO4/c1-19-12-3-2-4-13(8-12)20-9-11-7-10(15(17)18)5-6-14(11)16/h2-8H,9H2,1H3,(H,17,18). The van der Waals surface area contributed by atoms with Crippen LogP contribution in [0.4, 0.5) is 4.39 Å². The minimum Gasteiger partial charge on any atom is -0.497 e. The number of rotatable bonds is 5. The number of carboxylic acids is 1. The van der Waals surface area contributed by atoms with Crippen LogP contribution in [0.25, 0.3) is 0 Å². The summed E-state index contributed by atoms with van der Waals surface area (Å²) in [7, 11) is 1.54. The van der Waals surface area contributed by atoms with Crippen LogP contribution in [-0.4, -0.2) is 18.2 Å². The van der Waals surface area contributed by atoms with E-state index >= 15 is 0 Å². The Hall–Kier alpha value is -2.56. The van der Waals surface area contributed by atoms with E-state index in [0.29, 0.717) is 11.5 Å². The Morgan fingerprint density at radius 2 is 1.95 bits per heavy atom. The normalized spacial score (nSPS) is 10.1. The van der Waals surface area contributed by atoms with E-state index in [-0.39, 0.29) is 17.7 Å². The van der Waals surface area contributed by atoms with Crippen LogP contribution in [-0.2, 0) is 6.61 Å². The van der Waals surface area contributed by atoms with E-state index in [9.17, 15) is 9.18 Å². The molecule has 104 valence electrons. The Bertz CT molecular complexity index is 625. The van der Waals surface area contributed by atoms with Gasteiger partial charge in [0, 0.05) is 11.6 Å². The molecule has 0 heterocycles. The van der Waals surface area contributed by atoms with Gasteiger partial charge < -0.3 is 14.6 Å². The molecule has 0 amide bonds. The van der Waals surface area contributed by atoms with E-state index in [2.05, 4.69) is 0 Å². The number of carboxylic acid groups (broad SMARTS) is 1. The van der Waals surface area contributed by atoms with Crippen molar-refractivity contribution in [2.24, 2.45) is 0 Å². The molecule has 0 bridgehead atoms. The number of carbonyl (C=O) groups is 1. The predicted octanol–water partition coefficient (Wildman–Crippen LogP) is 3.11. The summed E-state index contributed by atoms with van der Waals surface area (Å²) >= 11 is 0. The molecule has 0 aliphatic carbocycles. The smallest absolute Gasteiger partial charge is 0.335 e. The predicted molar refractivity (Wildman–Crippen MR) is 70.7 cm³/mol. The highest BCUT2D eigenvalue weighted by molar-refractivity contribution is 5.87. The van der Waals surface area contributed by atoms with Crippen LogP contribution < -0.4 is 9.47 Å². The van der Waals surface area contributed by atoms with Crippen LogP contribution in [0.2, 0.25) is 0 Å². The van der Waals surface area contributed by atoms with Crippen molar-refractivity contribution in [2.75, 3.05) is 7.11 Å². The molecule has 4 nitrogen and oxygen atoms in total. The largest absolute Gasteiger partial charge is 0.497 e. The molecule has 0 fully saturated rings. The summed E-state index contributed by atoms with van der Waals surface area (Å²) in [5, 5.41) is 8.87. The first-order valence-corrected chi connectivity index (χ1v) is 5.88. The zero-order valence-electron chi connectivity index (χ0n) is 10.8. The Morgan fingerprint density at radius 1 is 1.20 bits per heavy atom. The highest BCUT2D eigenvalue weighted by Gasteiger charge is 2.09. The third-order valence-electron chi connectivity index (χ3n) is 2.73. The Labute approximate surface area is 115 Å². The summed E-state index contributed by atoms with van der Waals surface area (Å²) in [6.07, 6.45) is 0. The van der Waals surface area contributed by atoms with Gasteiger partial charge in [-0.15, -0.1) is 0 Å². The van der Waals surface area contributed by atoms with Crippen LogP contribution in [0, 0.1) is 5.82 Å². The Balaban J connectivity index is 2.13. The average molecular weight is 276 g/mol. The van der Waals surface area contributed by atoms with Gasteiger partial charge in [-0.05, 0) is 30.3 Å². The molecule has 0 aliphatic rings. The van der Waals surface area contributed by atoms with E-state index in [1.165, 1.54) is 19.2 Å². The van der Waals surface area contributed by atoms with Crippen LogP contribution in [0.1, 0.15) is 15.9 Å². The summed E-state index contributed by atoms with van der Waals surface area (Å²) < 4.78 is 24.1. The van der Waals surface area contributed by atoms with E-state index in [4.69, 9.17) is 14.6 Å². The van der Waals surface area contributed by atoms with Crippen molar-refractivity contribution < 1.29 is 23.8 Å². The van der Waals surface area contributed by atoms with Crippen molar-refractivity contribution in [1.29, 1.82) is 0 Å². The molecule has 0 saturated heterocycles. The summed E-state index contributed by atoms with van der Waals surface area (Å²) in [5.41, 5.74) is 0.211. The van der Waals surface area contributed by atoms with E-state index < -0.39 is 11.8 Å². The molecule has 2 aromatic carbocycles. The third-order valence-corrected chi connectivity index (χ3v) is 2.73. The minimum atomic E-state index is -1.10. The lowest BCUT2D eigenvalue weighted by Crippen LogP contribution is -2.03. The molecule has 5 heteroatoms. The molecule has 0 saturated carbocycles. The van der Waals surface area contributed by atoms with Crippen LogP contribution in [0.3, 0.4) is 0 Å². The number of hydrogen-bond donors (Lipinski definition) is 1. The van der Waals surface area contributed by atoms with Crippen molar-refractivity contribution in [2.45, 2.75) is 6.61 Å². The molecule has 0 radical (unpaired) electrons. The number of benzene rings is 2. The molecular weight excluding hydrogens is 263 g/mol. The monoisotopic (exact) mass is 276 g/mol. The maximum Gasteiger partial charge on any atom is 0.335 e. The first-order chi connectivity index (χ1) is 9.60. The van der Waals surface area contributed by atoms with Crippen molar-refractivity contribution in [1.82, 2.24) is 0 Å². The zero-order chi connectivity index (χ0) is 14.5. The summed E-state index contributed by atoms with van der Waals surface area (Å²) in [6.45, 7) is -0.0554. The number of ether oxygens (including phenoxy) is 2. The lowest BCUT2D eigenvalue weighted by molar-refractivity contribution is 0.0696. The summed E-state index contributed by atoms with van der Waals surface area (Å²) in [5.74, 6) is -0.461.